The molecule has 97 heavy (non-hydrogen) atoms. The summed E-state index contributed by atoms with van der Waals surface area (Å²) in [6.45, 7) is 20.3. The first-order valence-electron chi connectivity index (χ1n) is 33.6. The van der Waals surface area contributed by atoms with Gasteiger partial charge in [-0.25, -0.2) is 15.5 Å². The summed E-state index contributed by atoms with van der Waals surface area (Å²) in [5.74, 6) is -0.548. The number of hydrogen-bond donors (Lipinski definition) is 9. The second-order valence-corrected chi connectivity index (χ2v) is 25.6. The van der Waals surface area contributed by atoms with E-state index in [0.717, 1.165) is 0 Å². The van der Waals surface area contributed by atoms with Crippen molar-refractivity contribution in [2.45, 2.75) is 175 Å². The maximum Gasteiger partial charge on any atom is 0.410 e. The van der Waals surface area contributed by atoms with Crippen molar-refractivity contribution in [1.82, 2.24) is 41.3 Å². The Morgan fingerprint density at radius 2 is 1.28 bits per heavy atom. The Kier molecular flexibility index (Phi) is 38.8. The topological polar surface area (TPSA) is 382 Å². The number of methoxy groups -OCH3 is 2. The molecule has 1 heterocycles. The monoisotopic (exact) mass is 1370 g/mol. The van der Waals surface area contributed by atoms with Gasteiger partial charge in [-0.05, 0) is 79.5 Å². The number of aliphatic hydroxyl groups is 1. The van der Waals surface area contributed by atoms with Gasteiger partial charge in [0, 0.05) is 47.1 Å². The molecule has 1 aliphatic rings. The first kappa shape index (κ1) is 84.1. The van der Waals surface area contributed by atoms with Crippen molar-refractivity contribution in [3.8, 4) is 0 Å². The molecule has 548 valence electrons. The van der Waals surface area contributed by atoms with Gasteiger partial charge >= 0.3 is 12.1 Å². The van der Waals surface area contributed by atoms with Crippen molar-refractivity contribution in [2.75, 3.05) is 106 Å². The number of nitrogens with two attached hydrogens (primary N) is 2. The lowest BCUT2D eigenvalue weighted by atomic mass is 9.89. The average molecular weight is 1370 g/mol. The van der Waals surface area contributed by atoms with Crippen LogP contribution in [0.4, 0.5) is 15.3 Å². The highest BCUT2D eigenvalue weighted by molar-refractivity contribution is 5.98. The summed E-state index contributed by atoms with van der Waals surface area (Å²) in [5, 5.41) is 27.5. The van der Waals surface area contributed by atoms with E-state index in [4.69, 9.17) is 44.8 Å². The van der Waals surface area contributed by atoms with Gasteiger partial charge in [-0.2, -0.15) is 0 Å². The minimum Gasteiger partial charge on any atom is -0.445 e. The number of nitrogens with one attached hydrogen (secondary N) is 6. The summed E-state index contributed by atoms with van der Waals surface area (Å²) in [6, 6.07) is 8.69. The maximum absolute atomic E-state index is 14.8. The molecule has 3 rings (SSSR count). The fourth-order valence-electron chi connectivity index (χ4n) is 11.6. The molecular weight excluding hydrogens is 1260 g/mol. The van der Waals surface area contributed by atoms with Crippen LogP contribution in [0.5, 0.6) is 0 Å². The van der Waals surface area contributed by atoms with Crippen LogP contribution in [0.1, 0.15) is 125 Å². The molecular formula is C68H113N11O18. The molecule has 1 aliphatic heterocycles. The average Bonchev–Trinajstić information content (AvgIpc) is 1.23. The summed E-state index contributed by atoms with van der Waals surface area (Å²) in [5.41, 5.74) is 6.78. The number of urea groups is 1. The molecule has 0 aromatic heterocycles. The number of amides is 10. The Hall–Kier alpha value is -7.09. The number of nitrogens with zero attached hydrogens (tertiary/aromatic N) is 3. The molecule has 10 amide bonds. The zero-order valence-corrected chi connectivity index (χ0v) is 59.5. The van der Waals surface area contributed by atoms with Gasteiger partial charge in [0.15, 0.2) is 0 Å². The quantitative estimate of drug-likeness (QED) is 0.0338. The van der Waals surface area contributed by atoms with Gasteiger partial charge in [-0.1, -0.05) is 111 Å². The van der Waals surface area contributed by atoms with E-state index in [1.54, 1.807) is 109 Å². The zero-order chi connectivity index (χ0) is 72.3. The molecule has 0 aliphatic carbocycles. The van der Waals surface area contributed by atoms with E-state index in [1.807, 2.05) is 32.0 Å². The maximum atomic E-state index is 14.8. The molecule has 29 heteroatoms. The second-order valence-electron chi connectivity index (χ2n) is 25.6. The zero-order valence-electron chi connectivity index (χ0n) is 59.5. The number of ether oxygens (including phenoxy) is 7. The van der Waals surface area contributed by atoms with Crippen LogP contribution >= 0.6 is 0 Å². The Balaban J connectivity index is 1.64. The second kappa shape index (κ2) is 44.8. The summed E-state index contributed by atoms with van der Waals surface area (Å²) < 4.78 is 39.3. The number of benzene rings is 2. The number of likely N-dealkylation sites (tertiary alicyclic amines) is 1. The van der Waals surface area contributed by atoms with E-state index in [-0.39, 0.29) is 76.6 Å². The molecule has 0 saturated carbocycles. The molecule has 0 bridgehead atoms. The number of anilines is 1. The van der Waals surface area contributed by atoms with Crippen LogP contribution in [0.3, 0.4) is 0 Å². The fourth-order valence-corrected chi connectivity index (χ4v) is 11.6. The van der Waals surface area contributed by atoms with E-state index < -0.39 is 126 Å². The van der Waals surface area contributed by atoms with Crippen molar-refractivity contribution >= 4 is 59.2 Å². The van der Waals surface area contributed by atoms with Crippen LogP contribution < -0.4 is 43.5 Å². The summed E-state index contributed by atoms with van der Waals surface area (Å²) in [6.07, 6.45) is -1.08. The minimum absolute atomic E-state index is 0.0787. The predicted molar refractivity (Wildman–Crippen MR) is 362 cm³/mol. The smallest absolute Gasteiger partial charge is 0.410 e. The minimum atomic E-state index is -1.12. The van der Waals surface area contributed by atoms with Crippen LogP contribution in [0.25, 0.3) is 0 Å². The lowest BCUT2D eigenvalue weighted by Crippen LogP contribution is -2.60. The molecule has 11 N–H and O–H groups in total. The van der Waals surface area contributed by atoms with Crippen LogP contribution in [-0.2, 0) is 78.2 Å². The van der Waals surface area contributed by atoms with Crippen LogP contribution in [0, 0.1) is 29.6 Å². The van der Waals surface area contributed by atoms with E-state index >= 15 is 0 Å². The van der Waals surface area contributed by atoms with Crippen LogP contribution in [0.15, 0.2) is 54.6 Å². The van der Waals surface area contributed by atoms with Gasteiger partial charge in [-0.3, -0.25) is 38.5 Å². The van der Waals surface area contributed by atoms with Crippen molar-refractivity contribution in [3.63, 3.8) is 0 Å². The first-order valence-corrected chi connectivity index (χ1v) is 33.6. The molecule has 12 atom stereocenters. The number of carbonyl (C=O) groups excluding carboxylic acids is 9. The highest BCUT2D eigenvalue weighted by atomic mass is 16.6. The van der Waals surface area contributed by atoms with E-state index in [2.05, 4.69) is 36.7 Å². The number of hydrogen-bond acceptors (Lipinski definition) is 19. The van der Waals surface area contributed by atoms with Crippen LogP contribution in [-0.4, -0.2) is 229 Å². The third-order valence-corrected chi connectivity index (χ3v) is 17.2. The van der Waals surface area contributed by atoms with Gasteiger partial charge in [0.05, 0.1) is 102 Å². The lowest BCUT2D eigenvalue weighted by Gasteiger charge is -2.41. The Bertz CT molecular complexity index is 2720. The number of carbonyl (C=O) groups is 9. The van der Waals surface area contributed by atoms with Gasteiger partial charge in [0.2, 0.25) is 41.4 Å². The van der Waals surface area contributed by atoms with Crippen molar-refractivity contribution < 1.29 is 86.3 Å². The summed E-state index contributed by atoms with van der Waals surface area (Å²) in [4.78, 5) is 132. The molecule has 29 nitrogen and oxygen atoms in total. The van der Waals surface area contributed by atoms with E-state index in [9.17, 15) is 48.3 Å². The number of rotatable bonds is 46. The third-order valence-electron chi connectivity index (χ3n) is 17.2. The highest BCUT2D eigenvalue weighted by Crippen LogP contribution is 2.30. The molecule has 2 unspecified atom stereocenters. The Morgan fingerprint density at radius 3 is 1.82 bits per heavy atom. The normalized spacial score (nSPS) is 16.5. The van der Waals surface area contributed by atoms with Crippen molar-refractivity contribution in [1.29, 1.82) is 0 Å². The Morgan fingerprint density at radius 1 is 0.680 bits per heavy atom. The molecule has 0 radical (unpaired) electrons. The predicted octanol–water partition coefficient (Wildman–Crippen LogP) is 3.55. The number of aliphatic hydroxyl groups excluding tert-OH is 1. The van der Waals surface area contributed by atoms with Crippen molar-refractivity contribution in [3.05, 3.63) is 65.7 Å². The SMILES string of the molecule is CC[C@H](C)[C@@H]([C@@H](CC(=O)N1CCC[C@H]1[C@H](OC)[C@@H](C)C(=O)N[C@H](C)[C@@H](O)c1ccccc1)OC)N(C)C(=O)[C@@H](NC(=O)[C@H](C(C)C)N(C)C(=O)OCc1ccc(NC(=O)C(CCCNC(N)=O)NC(=O)C(NC(=O)COCCOCCOCCOCCON)C(C)C)cc1)C(C)C. The van der Waals surface area contributed by atoms with Gasteiger partial charge in [-0.15, -0.1) is 0 Å². The first-order chi connectivity index (χ1) is 46.1. The van der Waals surface area contributed by atoms with Crippen LogP contribution in [0.2, 0.25) is 0 Å². The third kappa shape index (κ3) is 28.4. The summed E-state index contributed by atoms with van der Waals surface area (Å²) >= 11 is 0. The number of primary amides is 1. The summed E-state index contributed by atoms with van der Waals surface area (Å²) in [7, 11) is 6.08. The van der Waals surface area contributed by atoms with E-state index in [1.165, 1.54) is 26.2 Å². The standard InChI is InChI=1S/C68H113N11O18/c1-15-45(8)59(53(90-13)39-55(81)79-30-20-24-52(79)61(91-14)46(9)62(83)72-47(10)60(82)49-21-17-16-18-22-49)77(11)66(87)57(43(4)5)76-65(86)58(44(6)7)78(12)68(89)96-40-48-25-27-50(28-26-48)73-63(84)51(23-19-29-71-67(69)88)74-64(85)56(42(2)3)75-54(80)41-95-36-35-93-32-31-92-33-34-94-37-38-97-70/h16-18,21-22,25-28,42-47,51-53,56-61,82H,15,19-20,23-24,29-41,70H2,1-14H3,(H,72,83)(H,73,84)(H,74,85)(H,75,80)(H,76,86)(H3,69,71,88)/t45-,46+,47+,51?,52-,53+,56?,57-,58-,59-,60+,61+/m0/s1. The largest absolute Gasteiger partial charge is 0.445 e. The molecule has 1 saturated heterocycles. The molecule has 2 aromatic carbocycles. The molecule has 1 fully saturated rings. The van der Waals surface area contributed by atoms with Gasteiger partial charge < -0.3 is 90.5 Å². The van der Waals surface area contributed by atoms with E-state index in [0.29, 0.717) is 75.7 Å². The molecule has 0 spiro atoms. The van der Waals surface area contributed by atoms with Gasteiger partial charge in [0.1, 0.15) is 37.4 Å². The molecule has 2 aromatic rings. The lowest BCUT2D eigenvalue weighted by molar-refractivity contribution is -0.148. The van der Waals surface area contributed by atoms with Crippen molar-refractivity contribution in [2.24, 2.45) is 41.2 Å². The highest BCUT2D eigenvalue weighted by Gasteiger charge is 2.44. The fraction of sp³-hybridized carbons (Fsp3) is 0.691. The van der Waals surface area contributed by atoms with Gasteiger partial charge in [0.25, 0.3) is 0 Å². The number of likely N-dealkylation sites (N-methyl/N-ethyl adjacent to an activating group) is 2. The Labute approximate surface area is 572 Å².